The Morgan fingerprint density at radius 2 is 1.63 bits per heavy atom. The topological polar surface area (TPSA) is 18.5 Å². The van der Waals surface area contributed by atoms with Gasteiger partial charge in [0.1, 0.15) is 5.75 Å². The molecule has 2 aromatic carbocycles. The standard InChI is InChI=1S/C33H46O2/c1-24(2)22-32(25(3)4)28-16-18-31(19-17-28)35-33(34-21-20-26-10-6-5-7-11-26)30-15-14-27-12-8-9-13-29(27)23-30/h9,13-19,23-26,32-33H,5-8,10-12,20-22H2,1-4H3. The van der Waals surface area contributed by atoms with E-state index in [2.05, 4.69) is 82.3 Å². The molecule has 2 aromatic rings. The fourth-order valence-corrected chi connectivity index (χ4v) is 5.83. The normalized spacial score (nSPS) is 18.0. The van der Waals surface area contributed by atoms with Crippen LogP contribution in [0.25, 0.3) is 6.08 Å². The first-order valence-electron chi connectivity index (χ1n) is 14.2. The molecule has 1 saturated carbocycles. The number of aryl methyl sites for hydroxylation is 1. The Hall–Kier alpha value is -2.06. The van der Waals surface area contributed by atoms with Crippen LogP contribution in [0.3, 0.4) is 0 Å². The summed E-state index contributed by atoms with van der Waals surface area (Å²) in [6.07, 6.45) is 15.6. The molecule has 2 atom stereocenters. The molecule has 190 valence electrons. The Labute approximate surface area is 214 Å². The number of fused-ring (bicyclic) bond motifs is 1. The van der Waals surface area contributed by atoms with E-state index in [1.807, 2.05) is 0 Å². The predicted octanol–water partition coefficient (Wildman–Crippen LogP) is 9.50. The van der Waals surface area contributed by atoms with Gasteiger partial charge in [0.05, 0.1) is 6.61 Å². The summed E-state index contributed by atoms with van der Waals surface area (Å²) < 4.78 is 13.0. The smallest absolute Gasteiger partial charge is 0.226 e. The van der Waals surface area contributed by atoms with E-state index < -0.39 is 0 Å². The fourth-order valence-electron chi connectivity index (χ4n) is 5.83. The van der Waals surface area contributed by atoms with E-state index in [0.717, 1.165) is 43.1 Å². The Morgan fingerprint density at radius 1 is 0.886 bits per heavy atom. The third kappa shape index (κ3) is 7.46. The van der Waals surface area contributed by atoms with Crippen LogP contribution < -0.4 is 4.74 Å². The molecule has 0 radical (unpaired) electrons. The van der Waals surface area contributed by atoms with Crippen LogP contribution in [-0.4, -0.2) is 6.61 Å². The van der Waals surface area contributed by atoms with E-state index >= 15 is 0 Å². The van der Waals surface area contributed by atoms with Gasteiger partial charge in [-0.05, 0) is 84.2 Å². The first-order valence-corrected chi connectivity index (χ1v) is 14.2. The first kappa shape index (κ1) is 26.0. The molecular formula is C33H46O2. The predicted molar refractivity (Wildman–Crippen MR) is 148 cm³/mol. The summed E-state index contributed by atoms with van der Waals surface area (Å²) in [4.78, 5) is 0. The zero-order valence-electron chi connectivity index (χ0n) is 22.5. The fraction of sp³-hybridized carbons (Fsp3) is 0.576. The lowest BCUT2D eigenvalue weighted by Gasteiger charge is -2.26. The van der Waals surface area contributed by atoms with E-state index in [0.29, 0.717) is 17.8 Å². The maximum absolute atomic E-state index is 6.51. The lowest BCUT2D eigenvalue weighted by molar-refractivity contribution is -0.0878. The minimum atomic E-state index is -0.373. The molecule has 0 spiro atoms. The van der Waals surface area contributed by atoms with E-state index in [1.165, 1.54) is 55.2 Å². The molecule has 0 amide bonds. The van der Waals surface area contributed by atoms with Gasteiger partial charge in [0, 0.05) is 5.56 Å². The summed E-state index contributed by atoms with van der Waals surface area (Å²) in [5.74, 6) is 3.60. The highest BCUT2D eigenvalue weighted by atomic mass is 16.7. The summed E-state index contributed by atoms with van der Waals surface area (Å²) in [7, 11) is 0. The molecule has 0 N–H and O–H groups in total. The second kappa shape index (κ2) is 12.8. The van der Waals surface area contributed by atoms with Gasteiger partial charge in [-0.1, -0.05) is 96.2 Å². The number of ether oxygens (including phenoxy) is 2. The summed E-state index contributed by atoms with van der Waals surface area (Å²) in [5.41, 5.74) is 5.26. The quantitative estimate of drug-likeness (QED) is 0.302. The molecule has 4 rings (SSSR count). The van der Waals surface area contributed by atoms with Crippen LogP contribution in [0.15, 0.2) is 48.5 Å². The molecule has 0 aliphatic heterocycles. The molecule has 0 saturated heterocycles. The third-order valence-corrected chi connectivity index (χ3v) is 7.92. The number of hydrogen-bond donors (Lipinski definition) is 0. The van der Waals surface area contributed by atoms with E-state index in [9.17, 15) is 0 Å². The van der Waals surface area contributed by atoms with Crippen LogP contribution in [0, 0.1) is 17.8 Å². The molecule has 2 nitrogen and oxygen atoms in total. The molecular weight excluding hydrogens is 428 g/mol. The van der Waals surface area contributed by atoms with Crippen LogP contribution in [-0.2, 0) is 11.2 Å². The zero-order chi connectivity index (χ0) is 24.6. The van der Waals surface area contributed by atoms with Crippen molar-refractivity contribution in [1.29, 1.82) is 0 Å². The van der Waals surface area contributed by atoms with Gasteiger partial charge in [-0.2, -0.15) is 0 Å². The van der Waals surface area contributed by atoms with E-state index in [4.69, 9.17) is 9.47 Å². The second-order valence-electron chi connectivity index (χ2n) is 11.6. The number of rotatable bonds is 11. The summed E-state index contributed by atoms with van der Waals surface area (Å²) >= 11 is 0. The van der Waals surface area contributed by atoms with Crippen molar-refractivity contribution in [2.75, 3.05) is 6.61 Å². The monoisotopic (exact) mass is 474 g/mol. The Balaban J connectivity index is 1.48. The average molecular weight is 475 g/mol. The SMILES string of the molecule is CC(C)CC(c1ccc(OC(OCCC2CCCCC2)c2ccc3c(c2)C=CCC3)cc1)C(C)C. The van der Waals surface area contributed by atoms with Gasteiger partial charge < -0.3 is 9.47 Å². The number of hydrogen-bond acceptors (Lipinski definition) is 2. The Morgan fingerprint density at radius 3 is 2.34 bits per heavy atom. The van der Waals surface area contributed by atoms with Crippen molar-refractivity contribution in [3.8, 4) is 5.75 Å². The van der Waals surface area contributed by atoms with Crippen molar-refractivity contribution in [1.82, 2.24) is 0 Å². The number of allylic oxidation sites excluding steroid dienone is 1. The van der Waals surface area contributed by atoms with E-state index in [1.54, 1.807) is 0 Å². The van der Waals surface area contributed by atoms with Gasteiger partial charge in [0.15, 0.2) is 0 Å². The zero-order valence-corrected chi connectivity index (χ0v) is 22.5. The van der Waals surface area contributed by atoms with Crippen LogP contribution in [0.2, 0.25) is 0 Å². The van der Waals surface area contributed by atoms with E-state index in [-0.39, 0.29) is 6.29 Å². The molecule has 0 heterocycles. The lowest BCUT2D eigenvalue weighted by Crippen LogP contribution is -2.16. The van der Waals surface area contributed by atoms with Crippen LogP contribution in [0.1, 0.15) is 114 Å². The van der Waals surface area contributed by atoms with Crippen molar-refractivity contribution < 1.29 is 9.47 Å². The van der Waals surface area contributed by atoms with Gasteiger partial charge in [-0.3, -0.25) is 0 Å². The minimum absolute atomic E-state index is 0.373. The molecule has 0 aromatic heterocycles. The van der Waals surface area contributed by atoms with Crippen molar-refractivity contribution >= 4 is 6.08 Å². The summed E-state index contributed by atoms with van der Waals surface area (Å²) in [6.45, 7) is 10.0. The highest BCUT2D eigenvalue weighted by molar-refractivity contribution is 5.57. The lowest BCUT2D eigenvalue weighted by atomic mass is 9.82. The maximum Gasteiger partial charge on any atom is 0.226 e. The van der Waals surface area contributed by atoms with Crippen LogP contribution >= 0.6 is 0 Å². The second-order valence-corrected chi connectivity index (χ2v) is 11.6. The summed E-state index contributed by atoms with van der Waals surface area (Å²) in [6, 6.07) is 15.5. The molecule has 2 aliphatic carbocycles. The maximum atomic E-state index is 6.51. The molecule has 0 bridgehead atoms. The van der Waals surface area contributed by atoms with Crippen molar-refractivity contribution in [3.05, 3.63) is 70.8 Å². The van der Waals surface area contributed by atoms with Crippen LogP contribution in [0.4, 0.5) is 0 Å². The highest BCUT2D eigenvalue weighted by Gasteiger charge is 2.20. The highest BCUT2D eigenvalue weighted by Crippen LogP contribution is 2.34. The molecule has 2 unspecified atom stereocenters. The first-order chi connectivity index (χ1) is 17.0. The van der Waals surface area contributed by atoms with Crippen molar-refractivity contribution in [3.63, 3.8) is 0 Å². The molecule has 2 aliphatic rings. The minimum Gasteiger partial charge on any atom is -0.461 e. The van der Waals surface area contributed by atoms with Gasteiger partial charge in [0.25, 0.3) is 0 Å². The largest absolute Gasteiger partial charge is 0.461 e. The molecule has 35 heavy (non-hydrogen) atoms. The average Bonchev–Trinajstić information content (AvgIpc) is 2.87. The van der Waals surface area contributed by atoms with Crippen molar-refractivity contribution in [2.45, 2.75) is 97.7 Å². The molecule has 2 heteroatoms. The molecule has 1 fully saturated rings. The van der Waals surface area contributed by atoms with Gasteiger partial charge >= 0.3 is 0 Å². The Bertz CT molecular complexity index is 934. The van der Waals surface area contributed by atoms with Gasteiger partial charge in [-0.25, -0.2) is 0 Å². The Kier molecular flexibility index (Phi) is 9.49. The van der Waals surface area contributed by atoms with Crippen molar-refractivity contribution in [2.24, 2.45) is 17.8 Å². The van der Waals surface area contributed by atoms with Gasteiger partial charge in [-0.15, -0.1) is 0 Å². The third-order valence-electron chi connectivity index (χ3n) is 7.92. The number of benzene rings is 2. The van der Waals surface area contributed by atoms with Crippen LogP contribution in [0.5, 0.6) is 5.75 Å². The van der Waals surface area contributed by atoms with Gasteiger partial charge in [0.2, 0.25) is 6.29 Å². The summed E-state index contributed by atoms with van der Waals surface area (Å²) in [5, 5.41) is 0.